The van der Waals surface area contributed by atoms with Crippen LogP contribution in [0.15, 0.2) is 24.3 Å². The third-order valence-electron chi connectivity index (χ3n) is 4.44. The zero-order valence-corrected chi connectivity index (χ0v) is 14.9. The molecule has 1 aliphatic rings. The summed E-state index contributed by atoms with van der Waals surface area (Å²) in [5.74, 6) is 0.317. The normalized spacial score (nSPS) is 16.1. The minimum atomic E-state index is -0.589. The minimum Gasteiger partial charge on any atom is -0.497 e. The number of anilines is 1. The quantitative estimate of drug-likeness (QED) is 0.772. The van der Waals surface area contributed by atoms with E-state index in [0.29, 0.717) is 31.2 Å². The van der Waals surface area contributed by atoms with Crippen LogP contribution in [0.1, 0.15) is 19.8 Å². The van der Waals surface area contributed by atoms with E-state index in [9.17, 15) is 9.59 Å². The fourth-order valence-corrected chi connectivity index (χ4v) is 2.91. The first-order valence-corrected chi connectivity index (χ1v) is 8.61. The standard InChI is InChI=1S/C18H27N3O4/c1-3-21(18(23)17(19)13-7-9-25-10-8-13)12-16(22)20-14-5-4-6-15(11-14)24-2/h4-6,11,13,17H,3,7-10,12,19H2,1-2H3,(H,20,22). The van der Waals surface area contributed by atoms with E-state index >= 15 is 0 Å². The molecule has 1 saturated heterocycles. The Bertz CT molecular complexity index is 587. The molecule has 2 amide bonds. The zero-order chi connectivity index (χ0) is 18.2. The van der Waals surface area contributed by atoms with Gasteiger partial charge in [0.05, 0.1) is 19.7 Å². The second kappa shape index (κ2) is 9.39. The number of carbonyl (C=O) groups excluding carboxylic acids is 2. The average Bonchev–Trinajstić information content (AvgIpc) is 2.65. The molecule has 0 spiro atoms. The predicted octanol–water partition coefficient (Wildman–Crippen LogP) is 1.24. The number of amides is 2. The van der Waals surface area contributed by atoms with Crippen LogP contribution in [0.25, 0.3) is 0 Å². The molecule has 0 bridgehead atoms. The molecule has 0 aromatic heterocycles. The molecule has 0 saturated carbocycles. The van der Waals surface area contributed by atoms with E-state index in [4.69, 9.17) is 15.2 Å². The maximum Gasteiger partial charge on any atom is 0.243 e. The van der Waals surface area contributed by atoms with Gasteiger partial charge in [0.15, 0.2) is 0 Å². The number of nitrogens with zero attached hydrogens (tertiary/aromatic N) is 1. The van der Waals surface area contributed by atoms with Gasteiger partial charge >= 0.3 is 0 Å². The lowest BCUT2D eigenvalue weighted by Gasteiger charge is -2.30. The van der Waals surface area contributed by atoms with Crippen LogP contribution in [-0.2, 0) is 14.3 Å². The van der Waals surface area contributed by atoms with Crippen LogP contribution in [-0.4, -0.2) is 56.2 Å². The molecule has 0 radical (unpaired) electrons. The van der Waals surface area contributed by atoms with Gasteiger partial charge in [0.25, 0.3) is 0 Å². The molecule has 1 aromatic carbocycles. The topological polar surface area (TPSA) is 93.9 Å². The van der Waals surface area contributed by atoms with E-state index < -0.39 is 6.04 Å². The van der Waals surface area contributed by atoms with Crippen molar-refractivity contribution in [3.8, 4) is 5.75 Å². The minimum absolute atomic E-state index is 0.0243. The van der Waals surface area contributed by atoms with E-state index in [2.05, 4.69) is 5.32 Å². The molecule has 1 atom stereocenters. The fourth-order valence-electron chi connectivity index (χ4n) is 2.91. The molecule has 25 heavy (non-hydrogen) atoms. The fraction of sp³-hybridized carbons (Fsp3) is 0.556. The molecule has 1 aliphatic heterocycles. The van der Waals surface area contributed by atoms with Gasteiger partial charge in [-0.05, 0) is 37.8 Å². The first-order valence-electron chi connectivity index (χ1n) is 8.61. The summed E-state index contributed by atoms with van der Waals surface area (Å²) in [4.78, 5) is 26.4. The Balaban J connectivity index is 1.92. The first kappa shape index (κ1) is 19.2. The Hall–Kier alpha value is -2.12. The van der Waals surface area contributed by atoms with Crippen LogP contribution in [0.5, 0.6) is 5.75 Å². The Morgan fingerprint density at radius 1 is 1.40 bits per heavy atom. The van der Waals surface area contributed by atoms with E-state index in [1.165, 1.54) is 4.90 Å². The highest BCUT2D eigenvalue weighted by Crippen LogP contribution is 2.19. The monoisotopic (exact) mass is 349 g/mol. The van der Waals surface area contributed by atoms with E-state index in [1.54, 1.807) is 31.4 Å². The smallest absolute Gasteiger partial charge is 0.243 e. The van der Waals surface area contributed by atoms with Crippen molar-refractivity contribution < 1.29 is 19.1 Å². The first-order chi connectivity index (χ1) is 12.0. The van der Waals surface area contributed by atoms with Crippen LogP contribution in [0.4, 0.5) is 5.69 Å². The van der Waals surface area contributed by atoms with Crippen LogP contribution in [0.3, 0.4) is 0 Å². The van der Waals surface area contributed by atoms with Gasteiger partial charge in [0.1, 0.15) is 5.75 Å². The maximum atomic E-state index is 12.6. The molecule has 1 heterocycles. The van der Waals surface area contributed by atoms with Gasteiger partial charge in [-0.25, -0.2) is 0 Å². The van der Waals surface area contributed by atoms with Crippen molar-refractivity contribution in [2.24, 2.45) is 11.7 Å². The molecular formula is C18H27N3O4. The number of nitrogens with one attached hydrogen (secondary N) is 1. The molecule has 0 aliphatic carbocycles. The third-order valence-corrected chi connectivity index (χ3v) is 4.44. The number of benzene rings is 1. The van der Waals surface area contributed by atoms with Gasteiger partial charge in [-0.3, -0.25) is 9.59 Å². The van der Waals surface area contributed by atoms with Gasteiger partial charge in [0, 0.05) is 31.5 Å². The maximum absolute atomic E-state index is 12.6. The Morgan fingerprint density at radius 2 is 2.12 bits per heavy atom. The van der Waals surface area contributed by atoms with Gasteiger partial charge < -0.3 is 25.4 Å². The molecule has 1 unspecified atom stereocenters. The number of likely N-dealkylation sites (N-methyl/N-ethyl adjacent to an activating group) is 1. The summed E-state index contributed by atoms with van der Waals surface area (Å²) in [6, 6.07) is 6.49. The van der Waals surface area contributed by atoms with E-state index in [0.717, 1.165) is 12.8 Å². The molecule has 2 rings (SSSR count). The summed E-state index contributed by atoms with van der Waals surface area (Å²) in [6.07, 6.45) is 1.56. The Labute approximate surface area is 148 Å². The predicted molar refractivity (Wildman–Crippen MR) is 95.4 cm³/mol. The van der Waals surface area contributed by atoms with Crippen molar-refractivity contribution in [1.29, 1.82) is 0 Å². The highest BCUT2D eigenvalue weighted by molar-refractivity contribution is 5.95. The van der Waals surface area contributed by atoms with Crippen molar-refractivity contribution in [1.82, 2.24) is 4.90 Å². The number of nitrogens with two attached hydrogens (primary N) is 1. The van der Waals surface area contributed by atoms with Crippen molar-refractivity contribution in [2.45, 2.75) is 25.8 Å². The average molecular weight is 349 g/mol. The van der Waals surface area contributed by atoms with Gasteiger partial charge in [-0.2, -0.15) is 0 Å². The van der Waals surface area contributed by atoms with E-state index in [-0.39, 0.29) is 24.3 Å². The lowest BCUT2D eigenvalue weighted by Crippen LogP contribution is -2.50. The lowest BCUT2D eigenvalue weighted by atomic mass is 9.91. The summed E-state index contributed by atoms with van der Waals surface area (Å²) in [5.41, 5.74) is 6.77. The molecule has 7 nitrogen and oxygen atoms in total. The molecular weight excluding hydrogens is 322 g/mol. The molecule has 3 N–H and O–H groups in total. The number of hydrogen-bond acceptors (Lipinski definition) is 5. The third kappa shape index (κ3) is 5.44. The second-order valence-corrected chi connectivity index (χ2v) is 6.11. The van der Waals surface area contributed by atoms with E-state index in [1.807, 2.05) is 6.92 Å². The largest absolute Gasteiger partial charge is 0.497 e. The molecule has 1 fully saturated rings. The second-order valence-electron chi connectivity index (χ2n) is 6.11. The van der Waals surface area contributed by atoms with Gasteiger partial charge in [-0.1, -0.05) is 6.07 Å². The lowest BCUT2D eigenvalue weighted by molar-refractivity contribution is -0.137. The number of ether oxygens (including phenoxy) is 2. The number of rotatable bonds is 7. The van der Waals surface area contributed by atoms with Gasteiger partial charge in [0.2, 0.25) is 11.8 Å². The summed E-state index contributed by atoms with van der Waals surface area (Å²) in [7, 11) is 1.57. The summed E-state index contributed by atoms with van der Waals surface area (Å²) >= 11 is 0. The molecule has 7 heteroatoms. The van der Waals surface area contributed by atoms with Crippen LogP contribution < -0.4 is 15.8 Å². The van der Waals surface area contributed by atoms with Crippen LogP contribution in [0.2, 0.25) is 0 Å². The van der Waals surface area contributed by atoms with Crippen molar-refractivity contribution in [3.05, 3.63) is 24.3 Å². The van der Waals surface area contributed by atoms with Crippen molar-refractivity contribution >= 4 is 17.5 Å². The number of carbonyl (C=O) groups is 2. The van der Waals surface area contributed by atoms with Crippen LogP contribution in [0, 0.1) is 5.92 Å². The highest BCUT2D eigenvalue weighted by Gasteiger charge is 2.30. The summed E-state index contributed by atoms with van der Waals surface area (Å²) in [6.45, 7) is 3.51. The Morgan fingerprint density at radius 3 is 2.76 bits per heavy atom. The SMILES string of the molecule is CCN(CC(=O)Nc1cccc(OC)c1)C(=O)C(N)C1CCOCC1. The highest BCUT2D eigenvalue weighted by atomic mass is 16.5. The van der Waals surface area contributed by atoms with Crippen molar-refractivity contribution in [2.75, 3.05) is 38.7 Å². The number of methoxy groups -OCH3 is 1. The number of hydrogen-bond donors (Lipinski definition) is 2. The van der Waals surface area contributed by atoms with Crippen LogP contribution >= 0.6 is 0 Å². The molecule has 1 aromatic rings. The summed E-state index contributed by atoms with van der Waals surface area (Å²) in [5, 5.41) is 2.78. The molecule has 138 valence electrons. The zero-order valence-electron chi connectivity index (χ0n) is 14.9. The Kier molecular flexibility index (Phi) is 7.21. The summed E-state index contributed by atoms with van der Waals surface area (Å²) < 4.78 is 10.4. The van der Waals surface area contributed by atoms with Crippen molar-refractivity contribution in [3.63, 3.8) is 0 Å². The van der Waals surface area contributed by atoms with Gasteiger partial charge in [-0.15, -0.1) is 0 Å².